The van der Waals surface area contributed by atoms with Crippen molar-refractivity contribution in [3.8, 4) is 0 Å². The van der Waals surface area contributed by atoms with E-state index < -0.39 is 5.76 Å². The summed E-state index contributed by atoms with van der Waals surface area (Å²) in [6, 6.07) is 14.3. The van der Waals surface area contributed by atoms with E-state index in [-0.39, 0.29) is 5.91 Å². The fourth-order valence-corrected chi connectivity index (χ4v) is 2.57. The first-order valence-corrected chi connectivity index (χ1v) is 8.46. The van der Waals surface area contributed by atoms with E-state index in [2.05, 4.69) is 19.2 Å². The molecule has 0 radical (unpaired) electrons. The molecule has 0 heterocycles. The molecule has 24 heavy (non-hydrogen) atoms. The summed E-state index contributed by atoms with van der Waals surface area (Å²) in [7, 11) is 0. The monoisotopic (exact) mass is 347 g/mol. The van der Waals surface area contributed by atoms with E-state index in [9.17, 15) is 13.6 Å². The van der Waals surface area contributed by atoms with Crippen LogP contribution in [0.1, 0.15) is 30.9 Å². The molecule has 0 saturated heterocycles. The number of carbonyl (C=O) groups excluding carboxylic acids is 1. The minimum absolute atomic E-state index is 0.266. The number of nitrogens with one attached hydrogen (secondary N) is 1. The number of amides is 1. The third-order valence-electron chi connectivity index (χ3n) is 3.38. The number of rotatable bonds is 6. The molecule has 2 aromatic rings. The van der Waals surface area contributed by atoms with Crippen molar-refractivity contribution in [1.29, 1.82) is 0 Å². The van der Waals surface area contributed by atoms with Crippen molar-refractivity contribution in [2.45, 2.75) is 30.4 Å². The Labute approximate surface area is 145 Å². The number of thioether (sulfide) groups is 1. The third-order valence-corrected chi connectivity index (χ3v) is 4.10. The lowest BCUT2D eigenvalue weighted by molar-refractivity contribution is -0.111. The van der Waals surface area contributed by atoms with Crippen LogP contribution in [0.15, 0.2) is 59.5 Å². The molecule has 2 nitrogen and oxygen atoms in total. The maximum absolute atomic E-state index is 12.2. The molecule has 0 saturated carbocycles. The Kier molecular flexibility index (Phi) is 6.55. The maximum atomic E-state index is 12.2. The van der Waals surface area contributed by atoms with Crippen LogP contribution in [-0.2, 0) is 4.79 Å². The summed E-state index contributed by atoms with van der Waals surface area (Å²) in [5.74, 6) is -2.25. The van der Waals surface area contributed by atoms with Crippen molar-refractivity contribution in [2.24, 2.45) is 0 Å². The highest BCUT2D eigenvalue weighted by Gasteiger charge is 2.05. The number of alkyl halides is 2. The van der Waals surface area contributed by atoms with Gasteiger partial charge in [-0.05, 0) is 47.4 Å². The molecule has 0 atom stereocenters. The van der Waals surface area contributed by atoms with E-state index >= 15 is 0 Å². The van der Waals surface area contributed by atoms with Crippen LogP contribution in [0.25, 0.3) is 6.08 Å². The zero-order chi connectivity index (χ0) is 17.5. The van der Waals surface area contributed by atoms with Gasteiger partial charge in [0.05, 0.1) is 0 Å². The van der Waals surface area contributed by atoms with Gasteiger partial charge in [0, 0.05) is 16.7 Å². The first-order valence-electron chi connectivity index (χ1n) is 7.58. The Hall–Kier alpha value is -2.14. The molecular weight excluding hydrogens is 328 g/mol. The summed E-state index contributed by atoms with van der Waals surface area (Å²) < 4.78 is 24.5. The number of hydrogen-bond acceptors (Lipinski definition) is 2. The molecule has 0 aliphatic heterocycles. The van der Waals surface area contributed by atoms with Gasteiger partial charge in [0.2, 0.25) is 5.91 Å². The van der Waals surface area contributed by atoms with Gasteiger partial charge in [-0.15, -0.1) is 0 Å². The number of carbonyl (C=O) groups is 1. The van der Waals surface area contributed by atoms with Crippen LogP contribution in [0.5, 0.6) is 0 Å². The second-order valence-electron chi connectivity index (χ2n) is 5.55. The molecule has 0 bridgehead atoms. The summed E-state index contributed by atoms with van der Waals surface area (Å²) in [4.78, 5) is 12.4. The van der Waals surface area contributed by atoms with E-state index in [1.165, 1.54) is 11.6 Å². The fourth-order valence-electron chi connectivity index (χ4n) is 2.07. The van der Waals surface area contributed by atoms with E-state index in [0.717, 1.165) is 5.56 Å². The SMILES string of the molecule is CC(C)c1ccc(/C=C/C(=O)Nc2ccc(SC(F)F)cc2)cc1. The highest BCUT2D eigenvalue weighted by atomic mass is 32.2. The van der Waals surface area contributed by atoms with Gasteiger partial charge in [-0.3, -0.25) is 4.79 Å². The van der Waals surface area contributed by atoms with Crippen molar-refractivity contribution in [1.82, 2.24) is 0 Å². The normalized spacial score (nSPS) is 11.4. The lowest BCUT2D eigenvalue weighted by Gasteiger charge is -2.05. The summed E-state index contributed by atoms with van der Waals surface area (Å²) >= 11 is 0.477. The topological polar surface area (TPSA) is 29.1 Å². The van der Waals surface area contributed by atoms with Crippen LogP contribution in [0.2, 0.25) is 0 Å². The van der Waals surface area contributed by atoms with Gasteiger partial charge in [0.15, 0.2) is 0 Å². The Morgan fingerprint density at radius 3 is 2.21 bits per heavy atom. The standard InChI is InChI=1S/C19H19F2NOS/c1-13(2)15-6-3-14(4-7-15)5-12-18(23)22-16-8-10-17(11-9-16)24-19(20)21/h3-13,19H,1-2H3,(H,22,23)/b12-5+. The average Bonchev–Trinajstić information content (AvgIpc) is 2.54. The second-order valence-corrected chi connectivity index (χ2v) is 6.61. The van der Waals surface area contributed by atoms with Gasteiger partial charge in [0.1, 0.15) is 0 Å². The molecular formula is C19H19F2NOS. The highest BCUT2D eigenvalue weighted by Crippen LogP contribution is 2.26. The molecule has 0 aliphatic carbocycles. The van der Waals surface area contributed by atoms with Gasteiger partial charge in [-0.1, -0.05) is 49.9 Å². The van der Waals surface area contributed by atoms with Crippen LogP contribution in [0.4, 0.5) is 14.5 Å². The molecule has 0 aromatic heterocycles. The van der Waals surface area contributed by atoms with Crippen LogP contribution < -0.4 is 5.32 Å². The van der Waals surface area contributed by atoms with Gasteiger partial charge in [-0.25, -0.2) is 0 Å². The fraction of sp³-hybridized carbons (Fsp3) is 0.211. The molecule has 1 amide bonds. The van der Waals surface area contributed by atoms with E-state index in [0.29, 0.717) is 28.3 Å². The predicted octanol–water partition coefficient (Wildman–Crippen LogP) is 5.78. The first-order chi connectivity index (χ1) is 11.4. The Morgan fingerprint density at radius 2 is 1.67 bits per heavy atom. The van der Waals surface area contributed by atoms with Crippen molar-refractivity contribution in [3.63, 3.8) is 0 Å². The molecule has 0 unspecified atom stereocenters. The molecule has 0 fully saturated rings. The molecule has 5 heteroatoms. The quantitative estimate of drug-likeness (QED) is 0.530. The van der Waals surface area contributed by atoms with Crippen molar-refractivity contribution in [2.75, 3.05) is 5.32 Å². The van der Waals surface area contributed by atoms with Crippen LogP contribution in [0, 0.1) is 0 Å². The summed E-state index contributed by atoms with van der Waals surface area (Å²) in [5, 5.41) is 2.70. The summed E-state index contributed by atoms with van der Waals surface area (Å²) in [6.45, 7) is 4.26. The predicted molar refractivity (Wildman–Crippen MR) is 96.5 cm³/mol. The lowest BCUT2D eigenvalue weighted by atomic mass is 10.0. The largest absolute Gasteiger partial charge is 0.323 e. The van der Waals surface area contributed by atoms with Gasteiger partial charge >= 0.3 is 0 Å². The molecule has 0 spiro atoms. The number of halogens is 2. The van der Waals surface area contributed by atoms with Crippen molar-refractivity contribution >= 4 is 29.4 Å². The average molecular weight is 347 g/mol. The minimum atomic E-state index is -2.45. The number of anilines is 1. The van der Waals surface area contributed by atoms with Crippen LogP contribution >= 0.6 is 11.8 Å². The maximum Gasteiger partial charge on any atom is 0.288 e. The highest BCUT2D eigenvalue weighted by molar-refractivity contribution is 7.99. The van der Waals surface area contributed by atoms with Crippen molar-refractivity contribution < 1.29 is 13.6 Å². The van der Waals surface area contributed by atoms with E-state index in [4.69, 9.17) is 0 Å². The second kappa shape index (κ2) is 8.64. The summed E-state index contributed by atoms with van der Waals surface area (Å²) in [6.07, 6.45) is 3.19. The minimum Gasteiger partial charge on any atom is -0.323 e. The van der Waals surface area contributed by atoms with Gasteiger partial charge < -0.3 is 5.32 Å². The Balaban J connectivity index is 1.92. The third kappa shape index (κ3) is 5.81. The summed E-state index contributed by atoms with van der Waals surface area (Å²) in [5.41, 5.74) is 2.76. The Bertz CT molecular complexity index is 694. The van der Waals surface area contributed by atoms with Crippen LogP contribution in [-0.4, -0.2) is 11.7 Å². The number of hydrogen-bond donors (Lipinski definition) is 1. The molecule has 0 aliphatic rings. The lowest BCUT2D eigenvalue weighted by Crippen LogP contribution is -2.07. The molecule has 126 valence electrons. The Morgan fingerprint density at radius 1 is 1.04 bits per heavy atom. The number of benzene rings is 2. The smallest absolute Gasteiger partial charge is 0.288 e. The molecule has 1 N–H and O–H groups in total. The molecule has 2 aromatic carbocycles. The van der Waals surface area contributed by atoms with Crippen LogP contribution in [0.3, 0.4) is 0 Å². The zero-order valence-electron chi connectivity index (χ0n) is 13.5. The molecule has 2 rings (SSSR count). The van der Waals surface area contributed by atoms with Gasteiger partial charge in [0.25, 0.3) is 5.76 Å². The first kappa shape index (κ1) is 18.2. The van der Waals surface area contributed by atoms with Crippen molar-refractivity contribution in [3.05, 3.63) is 65.7 Å². The van der Waals surface area contributed by atoms with E-state index in [1.54, 1.807) is 30.3 Å². The van der Waals surface area contributed by atoms with Gasteiger partial charge in [-0.2, -0.15) is 8.78 Å². The van der Waals surface area contributed by atoms with E-state index in [1.807, 2.05) is 24.3 Å². The zero-order valence-corrected chi connectivity index (χ0v) is 14.3.